The van der Waals surface area contributed by atoms with E-state index >= 15 is 0 Å². The van der Waals surface area contributed by atoms with Crippen LogP contribution >= 0.6 is 0 Å². The van der Waals surface area contributed by atoms with Crippen LogP contribution in [0.3, 0.4) is 0 Å². The number of aryl methyl sites for hydroxylation is 2. The first-order chi connectivity index (χ1) is 9.70. The number of aromatic nitrogens is 1. The first kappa shape index (κ1) is 12.7. The number of benzene rings is 1. The molecule has 0 bridgehead atoms. The highest BCUT2D eigenvalue weighted by Crippen LogP contribution is 2.34. The molecular weight excluding hydrogens is 246 g/mol. The first-order valence-electron chi connectivity index (χ1n) is 7.04. The number of hydrogen-bond acceptors (Lipinski definition) is 2. The largest absolute Gasteiger partial charge is 0.289 e. The minimum absolute atomic E-state index is 0.490. The van der Waals surface area contributed by atoms with Crippen molar-refractivity contribution in [1.82, 2.24) is 0 Å². The summed E-state index contributed by atoms with van der Waals surface area (Å²) < 4.78 is 0. The highest BCUT2D eigenvalue weighted by molar-refractivity contribution is 5.78. The average molecular weight is 264 g/mol. The lowest BCUT2D eigenvalue weighted by Crippen LogP contribution is -2.24. The summed E-state index contributed by atoms with van der Waals surface area (Å²) in [6.07, 6.45) is 4.39. The van der Waals surface area contributed by atoms with Crippen molar-refractivity contribution in [2.45, 2.75) is 32.6 Å². The Morgan fingerprint density at radius 1 is 1.15 bits per heavy atom. The Hall–Kier alpha value is -2.34. The number of hydrogen-bond donors (Lipinski definition) is 1. The second-order valence-corrected chi connectivity index (χ2v) is 5.43. The minimum Gasteiger partial charge on any atom is -0.286 e. The van der Waals surface area contributed by atoms with Crippen LogP contribution in [0.15, 0.2) is 24.3 Å². The van der Waals surface area contributed by atoms with Gasteiger partial charge in [-0.1, -0.05) is 29.8 Å². The van der Waals surface area contributed by atoms with Gasteiger partial charge in [0.1, 0.15) is 17.3 Å². The van der Waals surface area contributed by atoms with Crippen LogP contribution < -0.4 is 10.7 Å². The number of nitriles is 1. The zero-order valence-corrected chi connectivity index (χ0v) is 11.7. The molecule has 3 N–H and O–H groups in total. The first-order valence-corrected chi connectivity index (χ1v) is 7.04. The van der Waals surface area contributed by atoms with Crippen molar-refractivity contribution in [3.8, 4) is 17.2 Å². The van der Waals surface area contributed by atoms with E-state index in [1.54, 1.807) is 0 Å². The number of H-pyrrole nitrogens is 1. The van der Waals surface area contributed by atoms with Crippen molar-refractivity contribution in [2.24, 2.45) is 0 Å². The zero-order chi connectivity index (χ0) is 14.1. The van der Waals surface area contributed by atoms with E-state index in [0.29, 0.717) is 11.4 Å². The molecule has 0 amide bonds. The van der Waals surface area contributed by atoms with Crippen LogP contribution in [-0.2, 0) is 12.8 Å². The number of nitrogen functional groups attached to an aromatic ring is 1. The molecule has 0 fully saturated rings. The van der Waals surface area contributed by atoms with Crippen LogP contribution in [0.4, 0.5) is 5.82 Å². The summed E-state index contributed by atoms with van der Waals surface area (Å²) in [6, 6.07) is 10.6. The standard InChI is InChI=1S/C17H17N3/c1-11-6-8-12(9-7-11)16-13-4-2-3-5-15(13)20-17(19)14(16)10-18/h6-9H,2-5H2,1H3,(H2,19,20)/p+1. The number of nitrogens with two attached hydrogens (primary N) is 1. The molecule has 1 aliphatic carbocycles. The molecule has 0 radical (unpaired) electrons. The molecular formula is C17H18N3+. The number of nitrogens with zero attached hydrogens (tertiary/aromatic N) is 1. The Kier molecular flexibility index (Phi) is 3.15. The summed E-state index contributed by atoms with van der Waals surface area (Å²) in [6.45, 7) is 2.07. The lowest BCUT2D eigenvalue weighted by molar-refractivity contribution is -0.374. The fourth-order valence-electron chi connectivity index (χ4n) is 2.98. The van der Waals surface area contributed by atoms with Gasteiger partial charge in [0.25, 0.3) is 5.82 Å². The smallest absolute Gasteiger partial charge is 0.286 e. The summed E-state index contributed by atoms with van der Waals surface area (Å²) in [7, 11) is 0. The van der Waals surface area contributed by atoms with Crippen molar-refractivity contribution >= 4 is 5.82 Å². The van der Waals surface area contributed by atoms with Gasteiger partial charge in [0.15, 0.2) is 0 Å². The van der Waals surface area contributed by atoms with E-state index in [1.165, 1.54) is 29.7 Å². The molecule has 3 heteroatoms. The molecule has 3 nitrogen and oxygen atoms in total. The highest BCUT2D eigenvalue weighted by Gasteiger charge is 2.24. The van der Waals surface area contributed by atoms with E-state index in [0.717, 1.165) is 24.0 Å². The monoisotopic (exact) mass is 264 g/mol. The molecule has 0 unspecified atom stereocenters. The van der Waals surface area contributed by atoms with Gasteiger partial charge < -0.3 is 0 Å². The molecule has 0 saturated heterocycles. The van der Waals surface area contributed by atoms with E-state index in [-0.39, 0.29) is 0 Å². The highest BCUT2D eigenvalue weighted by atomic mass is 14.9. The topological polar surface area (TPSA) is 64.0 Å². The number of anilines is 1. The summed E-state index contributed by atoms with van der Waals surface area (Å²) in [5, 5.41) is 9.47. The molecule has 3 rings (SSSR count). The van der Waals surface area contributed by atoms with E-state index in [1.807, 2.05) is 0 Å². The van der Waals surface area contributed by atoms with Crippen LogP contribution in [0.2, 0.25) is 0 Å². The van der Waals surface area contributed by atoms with Crippen LogP contribution in [0.1, 0.15) is 35.2 Å². The molecule has 20 heavy (non-hydrogen) atoms. The van der Waals surface area contributed by atoms with Gasteiger partial charge in [0.05, 0.1) is 0 Å². The summed E-state index contributed by atoms with van der Waals surface area (Å²) in [4.78, 5) is 3.22. The van der Waals surface area contributed by atoms with E-state index in [4.69, 9.17) is 5.73 Å². The van der Waals surface area contributed by atoms with Gasteiger partial charge in [0.2, 0.25) is 0 Å². The van der Waals surface area contributed by atoms with Crippen molar-refractivity contribution < 1.29 is 4.98 Å². The fraction of sp³-hybridized carbons (Fsp3) is 0.294. The number of aromatic amines is 1. The van der Waals surface area contributed by atoms with Crippen molar-refractivity contribution in [3.63, 3.8) is 0 Å². The minimum atomic E-state index is 0.490. The second-order valence-electron chi connectivity index (χ2n) is 5.43. The molecule has 0 atom stereocenters. The van der Waals surface area contributed by atoms with Crippen molar-refractivity contribution in [1.29, 1.82) is 5.26 Å². The molecule has 0 saturated carbocycles. The third kappa shape index (κ3) is 2.04. The van der Waals surface area contributed by atoms with E-state index < -0.39 is 0 Å². The van der Waals surface area contributed by atoms with Crippen LogP contribution in [-0.4, -0.2) is 0 Å². The number of fused-ring (bicyclic) bond motifs is 1. The molecule has 1 aromatic carbocycles. The average Bonchev–Trinajstić information content (AvgIpc) is 2.47. The maximum atomic E-state index is 9.47. The Bertz CT molecular complexity index is 694. The fourth-order valence-corrected chi connectivity index (χ4v) is 2.98. The quantitative estimate of drug-likeness (QED) is 0.860. The third-order valence-corrected chi connectivity index (χ3v) is 4.03. The van der Waals surface area contributed by atoms with Crippen LogP contribution in [0.5, 0.6) is 0 Å². The van der Waals surface area contributed by atoms with Crippen LogP contribution in [0.25, 0.3) is 11.1 Å². The number of rotatable bonds is 1. The predicted molar refractivity (Wildman–Crippen MR) is 78.9 cm³/mol. The summed E-state index contributed by atoms with van der Waals surface area (Å²) >= 11 is 0. The molecule has 2 aromatic rings. The molecule has 1 aliphatic rings. The summed E-state index contributed by atoms with van der Waals surface area (Å²) in [5.74, 6) is 0.490. The van der Waals surface area contributed by atoms with Gasteiger partial charge in [-0.25, -0.2) is 4.98 Å². The van der Waals surface area contributed by atoms with Gasteiger partial charge in [0, 0.05) is 17.5 Å². The van der Waals surface area contributed by atoms with E-state index in [9.17, 15) is 5.26 Å². The van der Waals surface area contributed by atoms with Gasteiger partial charge in [-0.2, -0.15) is 5.26 Å². The molecule has 1 heterocycles. The molecule has 0 aliphatic heterocycles. The molecule has 0 spiro atoms. The Morgan fingerprint density at radius 3 is 2.55 bits per heavy atom. The Labute approximate surface area is 119 Å². The Balaban J connectivity index is 2.29. The second kappa shape index (κ2) is 4.97. The number of pyridine rings is 1. The lowest BCUT2D eigenvalue weighted by Gasteiger charge is -2.18. The lowest BCUT2D eigenvalue weighted by atomic mass is 9.86. The number of nitrogens with one attached hydrogen (secondary N) is 1. The normalized spacial score (nSPS) is 13.6. The maximum absolute atomic E-state index is 9.47. The Morgan fingerprint density at radius 2 is 1.85 bits per heavy atom. The van der Waals surface area contributed by atoms with Gasteiger partial charge in [-0.15, -0.1) is 0 Å². The van der Waals surface area contributed by atoms with E-state index in [2.05, 4.69) is 42.2 Å². The molecule has 100 valence electrons. The molecule has 1 aromatic heterocycles. The summed E-state index contributed by atoms with van der Waals surface area (Å²) in [5.41, 5.74) is 12.4. The third-order valence-electron chi connectivity index (χ3n) is 4.03. The van der Waals surface area contributed by atoms with Gasteiger partial charge in [-0.3, -0.25) is 5.73 Å². The van der Waals surface area contributed by atoms with Crippen LogP contribution in [0, 0.1) is 18.3 Å². The SMILES string of the molecule is Cc1ccc(-c2c(C#N)c(N)[nH+]c3c2CCCC3)cc1. The predicted octanol–water partition coefficient (Wildman–Crippen LogP) is 2.81. The van der Waals surface area contributed by atoms with Gasteiger partial charge >= 0.3 is 0 Å². The maximum Gasteiger partial charge on any atom is 0.289 e. The zero-order valence-electron chi connectivity index (χ0n) is 11.7. The van der Waals surface area contributed by atoms with Crippen molar-refractivity contribution in [2.75, 3.05) is 5.73 Å². The van der Waals surface area contributed by atoms with Crippen molar-refractivity contribution in [3.05, 3.63) is 46.6 Å². The van der Waals surface area contributed by atoms with Gasteiger partial charge in [-0.05, 0) is 31.7 Å².